The summed E-state index contributed by atoms with van der Waals surface area (Å²) in [6.07, 6.45) is 2.49. The van der Waals surface area contributed by atoms with Gasteiger partial charge in [0.15, 0.2) is 0 Å². The standard InChI is InChI=1S/C4H3NO3.Li/c6-4(7)3-5-1-2-8-3;/h1-2H,(H,6,7);. The predicted octanol–water partition coefficient (Wildman–Crippen LogP) is -0.00800. The van der Waals surface area contributed by atoms with Gasteiger partial charge in [-0.3, -0.25) is 0 Å². The molecule has 0 bridgehead atoms. The fourth-order valence-electron chi connectivity index (χ4n) is 0.329. The van der Waals surface area contributed by atoms with Gasteiger partial charge in [0.25, 0.3) is 0 Å². The average Bonchev–Trinajstić information content (AvgIpc) is 2.12. The number of hydrogen-bond donors (Lipinski definition) is 1. The van der Waals surface area contributed by atoms with Crippen LogP contribution < -0.4 is 0 Å². The van der Waals surface area contributed by atoms with Gasteiger partial charge in [-0.2, -0.15) is 0 Å². The fraction of sp³-hybridized carbons (Fsp3) is 0. The average molecular weight is 120 g/mol. The minimum Gasteiger partial charge on any atom is -0.474 e. The molecule has 0 fully saturated rings. The summed E-state index contributed by atoms with van der Waals surface area (Å²) in [6, 6.07) is 0. The maximum atomic E-state index is 9.91. The van der Waals surface area contributed by atoms with E-state index in [0.29, 0.717) is 0 Å². The number of aromatic nitrogens is 1. The Labute approximate surface area is 63.1 Å². The summed E-state index contributed by atoms with van der Waals surface area (Å²) >= 11 is 0. The van der Waals surface area contributed by atoms with Gasteiger partial charge in [-0.05, 0) is 0 Å². The van der Waals surface area contributed by atoms with Gasteiger partial charge in [-0.25, -0.2) is 9.78 Å². The van der Waals surface area contributed by atoms with Crippen molar-refractivity contribution in [3.8, 4) is 0 Å². The van der Waals surface area contributed by atoms with E-state index in [1.54, 1.807) is 0 Å². The zero-order valence-corrected chi connectivity index (χ0v) is 4.87. The first-order valence-corrected chi connectivity index (χ1v) is 1.93. The fourth-order valence-corrected chi connectivity index (χ4v) is 0.329. The number of rotatable bonds is 1. The van der Waals surface area contributed by atoms with Crippen molar-refractivity contribution in [2.75, 3.05) is 0 Å². The molecule has 0 aliphatic heterocycles. The van der Waals surface area contributed by atoms with E-state index in [2.05, 4.69) is 9.40 Å². The minimum absolute atomic E-state index is 0. The van der Waals surface area contributed by atoms with Crippen LogP contribution in [0.4, 0.5) is 0 Å². The Balaban J connectivity index is 0.000000640. The molecular weight excluding hydrogens is 117 g/mol. The van der Waals surface area contributed by atoms with E-state index in [4.69, 9.17) is 5.11 Å². The van der Waals surface area contributed by atoms with E-state index in [9.17, 15) is 4.79 Å². The number of oxazole rings is 1. The van der Waals surface area contributed by atoms with E-state index in [1.165, 1.54) is 12.5 Å². The van der Waals surface area contributed by atoms with Crippen LogP contribution in [0.1, 0.15) is 10.7 Å². The van der Waals surface area contributed by atoms with Crippen molar-refractivity contribution in [2.24, 2.45) is 0 Å². The molecule has 4 nitrogen and oxygen atoms in total. The van der Waals surface area contributed by atoms with Gasteiger partial charge in [0.1, 0.15) is 6.26 Å². The van der Waals surface area contributed by atoms with Gasteiger partial charge in [-0.15, -0.1) is 0 Å². The van der Waals surface area contributed by atoms with Gasteiger partial charge in [0.2, 0.25) is 0 Å². The van der Waals surface area contributed by atoms with Crippen LogP contribution in [0.15, 0.2) is 16.9 Å². The minimum atomic E-state index is -1.14. The molecular formula is C4H3LiNO3. The summed E-state index contributed by atoms with van der Waals surface area (Å²) in [5, 5.41) is 8.12. The Bertz CT molecular complexity index is 184. The van der Waals surface area contributed by atoms with Crippen molar-refractivity contribution < 1.29 is 14.3 Å². The van der Waals surface area contributed by atoms with Gasteiger partial charge >= 0.3 is 11.9 Å². The van der Waals surface area contributed by atoms with Crippen LogP contribution in [0.2, 0.25) is 0 Å². The molecule has 0 unspecified atom stereocenters. The molecule has 0 aliphatic carbocycles. The molecule has 1 heterocycles. The zero-order valence-electron chi connectivity index (χ0n) is 4.87. The summed E-state index contributed by atoms with van der Waals surface area (Å²) in [7, 11) is 0. The van der Waals surface area contributed by atoms with E-state index < -0.39 is 5.97 Å². The summed E-state index contributed by atoms with van der Waals surface area (Å²) < 4.78 is 4.38. The zero-order chi connectivity index (χ0) is 5.98. The second-order valence-corrected chi connectivity index (χ2v) is 1.14. The van der Waals surface area contributed by atoms with Crippen LogP contribution in [-0.2, 0) is 0 Å². The summed E-state index contributed by atoms with van der Waals surface area (Å²) in [4.78, 5) is 13.3. The number of nitrogens with zero attached hydrogens (tertiary/aromatic N) is 1. The monoisotopic (exact) mass is 120 g/mol. The van der Waals surface area contributed by atoms with Crippen molar-refractivity contribution in [1.29, 1.82) is 0 Å². The number of carboxylic acid groups (broad SMARTS) is 1. The molecule has 0 atom stereocenters. The molecule has 5 heteroatoms. The molecule has 0 amide bonds. The van der Waals surface area contributed by atoms with Crippen LogP contribution >= 0.6 is 0 Å². The largest absolute Gasteiger partial charge is 0.474 e. The maximum Gasteiger partial charge on any atom is 0.392 e. The van der Waals surface area contributed by atoms with Crippen molar-refractivity contribution in [3.63, 3.8) is 0 Å². The summed E-state index contributed by atoms with van der Waals surface area (Å²) in [5.41, 5.74) is 0. The third-order valence-corrected chi connectivity index (χ3v) is 0.615. The van der Waals surface area contributed by atoms with Crippen molar-refractivity contribution in [2.45, 2.75) is 0 Å². The molecule has 1 rings (SSSR count). The number of aromatic carboxylic acids is 1. The van der Waals surface area contributed by atoms with Crippen LogP contribution in [0.5, 0.6) is 0 Å². The molecule has 1 N–H and O–H groups in total. The SMILES string of the molecule is O=C(O)c1ncco1.[Li]. The second kappa shape index (κ2) is 3.33. The Hall–Kier alpha value is -0.723. The summed E-state index contributed by atoms with van der Waals surface area (Å²) in [6.45, 7) is 0. The number of carboxylic acids is 1. The molecule has 43 valence electrons. The molecule has 0 saturated heterocycles. The normalized spacial score (nSPS) is 8.00. The molecule has 0 aromatic carbocycles. The van der Waals surface area contributed by atoms with E-state index >= 15 is 0 Å². The van der Waals surface area contributed by atoms with E-state index in [1.807, 2.05) is 0 Å². The van der Waals surface area contributed by atoms with Gasteiger partial charge in [0, 0.05) is 18.9 Å². The Morgan fingerprint density at radius 1 is 1.78 bits per heavy atom. The molecule has 0 saturated carbocycles. The van der Waals surface area contributed by atoms with E-state index in [-0.39, 0.29) is 24.8 Å². The Kier molecular flexibility index (Phi) is 3.06. The van der Waals surface area contributed by atoms with Gasteiger partial charge in [-0.1, -0.05) is 0 Å². The number of hydrogen-bond acceptors (Lipinski definition) is 3. The third kappa shape index (κ3) is 1.92. The maximum absolute atomic E-state index is 9.91. The smallest absolute Gasteiger partial charge is 0.392 e. The van der Waals surface area contributed by atoms with Crippen LogP contribution in [0, 0.1) is 0 Å². The molecule has 1 aromatic rings. The predicted molar refractivity (Wildman–Crippen MR) is 29.2 cm³/mol. The first-order valence-electron chi connectivity index (χ1n) is 1.93. The van der Waals surface area contributed by atoms with Crippen LogP contribution in [0.25, 0.3) is 0 Å². The van der Waals surface area contributed by atoms with Crippen LogP contribution in [0.3, 0.4) is 0 Å². The topological polar surface area (TPSA) is 63.3 Å². The first-order chi connectivity index (χ1) is 3.80. The molecule has 9 heavy (non-hydrogen) atoms. The van der Waals surface area contributed by atoms with Crippen molar-refractivity contribution in [3.05, 3.63) is 18.4 Å². The molecule has 1 radical (unpaired) electrons. The molecule has 0 aliphatic rings. The molecule has 1 aromatic heterocycles. The Morgan fingerprint density at radius 2 is 2.44 bits per heavy atom. The van der Waals surface area contributed by atoms with Crippen molar-refractivity contribution >= 4 is 24.8 Å². The molecule has 0 spiro atoms. The second-order valence-electron chi connectivity index (χ2n) is 1.14. The number of carbonyl (C=O) groups is 1. The van der Waals surface area contributed by atoms with Crippen LogP contribution in [-0.4, -0.2) is 34.9 Å². The van der Waals surface area contributed by atoms with Crippen molar-refractivity contribution in [1.82, 2.24) is 4.98 Å². The van der Waals surface area contributed by atoms with E-state index in [0.717, 1.165) is 0 Å². The summed E-state index contributed by atoms with van der Waals surface area (Å²) in [5.74, 6) is -1.42. The Morgan fingerprint density at radius 3 is 2.67 bits per heavy atom. The van der Waals surface area contributed by atoms with Gasteiger partial charge in [0.05, 0.1) is 6.20 Å². The quantitative estimate of drug-likeness (QED) is 0.529. The first kappa shape index (κ1) is 8.28. The third-order valence-electron chi connectivity index (χ3n) is 0.615. The van der Waals surface area contributed by atoms with Gasteiger partial charge < -0.3 is 9.52 Å².